The van der Waals surface area contributed by atoms with Crippen molar-refractivity contribution >= 4 is 47.2 Å². The number of hydrogen-bond donors (Lipinski definition) is 3. The number of ketones is 1. The molecule has 0 heterocycles. The molecule has 0 aromatic heterocycles. The number of aliphatic hydroxyl groups excluding tert-OH is 1. The van der Waals surface area contributed by atoms with Crippen LogP contribution in [0.2, 0.25) is 0 Å². The first kappa shape index (κ1) is 23.9. The van der Waals surface area contributed by atoms with Crippen molar-refractivity contribution in [3.8, 4) is 0 Å². The number of Topliss-reactive ketones (excluding diaryl/α,β-unsaturated/α-hetero) is 1. The second kappa shape index (κ2) is 13.1. The molecule has 0 saturated heterocycles. The Hall–Kier alpha value is -1.14. The lowest BCUT2D eigenvalue weighted by Gasteiger charge is -2.14. The van der Waals surface area contributed by atoms with Crippen LogP contribution in [0.3, 0.4) is 0 Å². The Morgan fingerprint density at radius 1 is 0.960 bits per heavy atom. The second-order valence-corrected chi connectivity index (χ2v) is 6.97. The average molecular weight is 396 g/mol. The first-order valence-corrected chi connectivity index (χ1v) is 10.2. The van der Waals surface area contributed by atoms with Gasteiger partial charge in [0.05, 0.1) is 0 Å². The van der Waals surface area contributed by atoms with E-state index in [2.05, 4.69) is 9.47 Å². The fourth-order valence-electron chi connectivity index (χ4n) is 1.44. The summed E-state index contributed by atoms with van der Waals surface area (Å²) in [7, 11) is 0. The zero-order valence-electron chi connectivity index (χ0n) is 14.1. The molecule has 5 N–H and O–H groups in total. The smallest absolute Gasteiger partial charge is 0.330 e. The molecule has 144 valence electrons. The minimum absolute atomic E-state index is 0.311. The van der Waals surface area contributed by atoms with Crippen molar-refractivity contribution in [2.24, 2.45) is 11.5 Å². The number of aliphatic hydroxyl groups is 1. The predicted octanol–water partition coefficient (Wildman–Crippen LogP) is -0.962. The van der Waals surface area contributed by atoms with Crippen LogP contribution in [-0.2, 0) is 28.7 Å². The van der Waals surface area contributed by atoms with E-state index in [4.69, 9.17) is 11.5 Å². The Balaban J connectivity index is 4.31. The van der Waals surface area contributed by atoms with Crippen molar-refractivity contribution in [3.05, 3.63) is 0 Å². The molecule has 0 aliphatic carbocycles. The number of esters is 3. The highest BCUT2D eigenvalue weighted by Crippen LogP contribution is 2.05. The van der Waals surface area contributed by atoms with Gasteiger partial charge >= 0.3 is 17.9 Å². The van der Waals surface area contributed by atoms with Crippen LogP contribution >= 0.6 is 23.5 Å². The van der Waals surface area contributed by atoms with Gasteiger partial charge in [-0.1, -0.05) is 0 Å². The van der Waals surface area contributed by atoms with E-state index in [-0.39, 0.29) is 0 Å². The SMILES string of the molecule is CSCC[C@H](N)C(=O)OC(=O)CC(=O)C(O)OC(=O)[C@@H](N)CCSC. The number of thioether (sulfide) groups is 2. The maximum Gasteiger partial charge on any atom is 0.330 e. The Kier molecular flexibility index (Phi) is 12.5. The van der Waals surface area contributed by atoms with Crippen LogP contribution in [0.15, 0.2) is 0 Å². The molecule has 0 radical (unpaired) electrons. The van der Waals surface area contributed by atoms with Crippen molar-refractivity contribution in [1.82, 2.24) is 0 Å². The van der Waals surface area contributed by atoms with Crippen LogP contribution in [0.1, 0.15) is 19.3 Å². The van der Waals surface area contributed by atoms with Gasteiger partial charge in [0.15, 0.2) is 0 Å². The van der Waals surface area contributed by atoms with Gasteiger partial charge in [-0.25, -0.2) is 4.79 Å². The quantitative estimate of drug-likeness (QED) is 0.212. The zero-order valence-corrected chi connectivity index (χ0v) is 15.8. The minimum atomic E-state index is -2.15. The van der Waals surface area contributed by atoms with Gasteiger partial charge in [0.1, 0.15) is 18.5 Å². The van der Waals surface area contributed by atoms with Crippen LogP contribution < -0.4 is 11.5 Å². The lowest BCUT2D eigenvalue weighted by atomic mass is 10.2. The lowest BCUT2D eigenvalue weighted by Crippen LogP contribution is -2.39. The van der Waals surface area contributed by atoms with Crippen LogP contribution in [0, 0.1) is 0 Å². The highest BCUT2D eigenvalue weighted by molar-refractivity contribution is 7.98. The van der Waals surface area contributed by atoms with Gasteiger partial charge in [-0.3, -0.25) is 14.4 Å². The summed E-state index contributed by atoms with van der Waals surface area (Å²) in [6, 6.07) is -1.97. The summed E-state index contributed by atoms with van der Waals surface area (Å²) in [5.74, 6) is -3.02. The molecular weight excluding hydrogens is 372 g/mol. The van der Waals surface area contributed by atoms with E-state index >= 15 is 0 Å². The standard InChI is InChI=1S/C14H24N2O7S2/c1-24-5-3-8(15)12(19)22-11(18)7-10(17)14(21)23-13(20)9(16)4-6-25-2/h8-9,14,21H,3-7,15-16H2,1-2H3/t8-,9-,14?/m0/s1. The largest absolute Gasteiger partial charge is 0.427 e. The van der Waals surface area contributed by atoms with Crippen molar-refractivity contribution in [2.45, 2.75) is 37.6 Å². The van der Waals surface area contributed by atoms with E-state index in [1.807, 2.05) is 12.5 Å². The second-order valence-electron chi connectivity index (χ2n) is 5.00. The van der Waals surface area contributed by atoms with Crippen molar-refractivity contribution in [2.75, 3.05) is 24.0 Å². The monoisotopic (exact) mass is 396 g/mol. The van der Waals surface area contributed by atoms with E-state index < -0.39 is 48.5 Å². The molecule has 0 aromatic carbocycles. The molecule has 0 aliphatic rings. The molecule has 1 unspecified atom stereocenters. The Morgan fingerprint density at radius 2 is 1.44 bits per heavy atom. The lowest BCUT2D eigenvalue weighted by molar-refractivity contribution is -0.179. The summed E-state index contributed by atoms with van der Waals surface area (Å²) in [4.78, 5) is 46.2. The average Bonchev–Trinajstić information content (AvgIpc) is 2.56. The molecule has 0 aliphatic heterocycles. The topological polar surface area (TPSA) is 159 Å². The summed E-state index contributed by atoms with van der Waals surface area (Å²) >= 11 is 2.95. The molecular formula is C14H24N2O7S2. The van der Waals surface area contributed by atoms with Crippen LogP contribution in [-0.4, -0.2) is 71.2 Å². The molecule has 0 amide bonds. The van der Waals surface area contributed by atoms with E-state index in [1.165, 1.54) is 23.5 Å². The van der Waals surface area contributed by atoms with E-state index in [0.29, 0.717) is 24.3 Å². The third-order valence-corrected chi connectivity index (χ3v) is 4.20. The molecule has 25 heavy (non-hydrogen) atoms. The van der Waals surface area contributed by atoms with E-state index in [1.54, 1.807) is 0 Å². The summed E-state index contributed by atoms with van der Waals surface area (Å²) in [5, 5.41) is 9.50. The molecule has 0 fully saturated rings. The van der Waals surface area contributed by atoms with Gasteiger partial charge in [-0.2, -0.15) is 23.5 Å². The van der Waals surface area contributed by atoms with Gasteiger partial charge in [-0.05, 0) is 36.9 Å². The van der Waals surface area contributed by atoms with Gasteiger partial charge in [-0.15, -0.1) is 0 Å². The minimum Gasteiger partial charge on any atom is -0.427 e. The van der Waals surface area contributed by atoms with Crippen molar-refractivity contribution in [1.29, 1.82) is 0 Å². The maximum atomic E-state index is 11.6. The Labute approximate surface area is 154 Å². The Bertz CT molecular complexity index is 476. The molecule has 0 aromatic rings. The molecule has 0 spiro atoms. The number of ether oxygens (including phenoxy) is 2. The molecule has 3 atom stereocenters. The fraction of sp³-hybridized carbons (Fsp3) is 0.714. The van der Waals surface area contributed by atoms with Gasteiger partial charge in [0, 0.05) is 0 Å². The maximum absolute atomic E-state index is 11.6. The highest BCUT2D eigenvalue weighted by Gasteiger charge is 2.27. The number of rotatable bonds is 12. The first-order chi connectivity index (χ1) is 11.7. The zero-order chi connectivity index (χ0) is 19.4. The summed E-state index contributed by atoms with van der Waals surface area (Å²) in [6.45, 7) is 0. The van der Waals surface area contributed by atoms with Crippen molar-refractivity contribution in [3.63, 3.8) is 0 Å². The fourth-order valence-corrected chi connectivity index (χ4v) is 2.42. The molecule has 9 nitrogen and oxygen atoms in total. The summed E-state index contributed by atoms with van der Waals surface area (Å²) in [5.41, 5.74) is 11.1. The molecule has 0 rings (SSSR count). The third kappa shape index (κ3) is 10.4. The number of carbonyl (C=O) groups excluding carboxylic acids is 4. The van der Waals surface area contributed by atoms with Crippen LogP contribution in [0.4, 0.5) is 0 Å². The van der Waals surface area contributed by atoms with Crippen LogP contribution in [0.5, 0.6) is 0 Å². The predicted molar refractivity (Wildman–Crippen MR) is 94.8 cm³/mol. The normalized spacial score (nSPS) is 14.3. The summed E-state index contributed by atoms with van der Waals surface area (Å²) in [6.07, 6.45) is 1.20. The van der Waals surface area contributed by atoms with E-state index in [0.717, 1.165) is 0 Å². The van der Waals surface area contributed by atoms with Gasteiger partial charge < -0.3 is 26.0 Å². The third-order valence-electron chi connectivity index (χ3n) is 2.91. The van der Waals surface area contributed by atoms with Gasteiger partial charge in [0.25, 0.3) is 6.29 Å². The summed E-state index contributed by atoms with van der Waals surface area (Å²) < 4.78 is 8.91. The van der Waals surface area contributed by atoms with Crippen LogP contribution in [0.25, 0.3) is 0 Å². The molecule has 0 saturated carbocycles. The highest BCUT2D eigenvalue weighted by atomic mass is 32.2. The Morgan fingerprint density at radius 3 is 1.92 bits per heavy atom. The molecule has 11 heteroatoms. The number of hydrogen-bond acceptors (Lipinski definition) is 11. The number of carbonyl (C=O) groups is 4. The number of nitrogens with two attached hydrogens (primary N) is 2. The van der Waals surface area contributed by atoms with Crippen molar-refractivity contribution < 1.29 is 33.8 Å². The van der Waals surface area contributed by atoms with E-state index in [9.17, 15) is 24.3 Å². The van der Waals surface area contributed by atoms with Gasteiger partial charge in [0.2, 0.25) is 5.78 Å². The molecule has 0 bridgehead atoms. The first-order valence-electron chi connectivity index (χ1n) is 7.37.